The Morgan fingerprint density at radius 2 is 1.69 bits per heavy atom. The van der Waals surface area contributed by atoms with Crippen LogP contribution in [-0.4, -0.2) is 9.59 Å². The lowest BCUT2D eigenvalue weighted by atomic mass is 10.00. The van der Waals surface area contributed by atoms with Crippen LogP contribution in [0.25, 0.3) is 22.4 Å². The number of nitrogens with one attached hydrogen (secondary N) is 1. The Bertz CT molecular complexity index is 948. The van der Waals surface area contributed by atoms with E-state index in [1.807, 2.05) is 23.6 Å². The van der Waals surface area contributed by atoms with Gasteiger partial charge in [-0.3, -0.25) is 0 Å². The second-order valence-electron chi connectivity index (χ2n) is 6.03. The summed E-state index contributed by atoms with van der Waals surface area (Å²) in [5.74, 6) is 0. The molecular weight excluding hydrogens is 338 g/mol. The Labute approximate surface area is 157 Å². The van der Waals surface area contributed by atoms with E-state index in [1.165, 1.54) is 28.2 Å². The molecule has 0 spiro atoms. The van der Waals surface area contributed by atoms with E-state index in [9.17, 15) is 0 Å². The first-order chi connectivity index (χ1) is 12.9. The van der Waals surface area contributed by atoms with Crippen molar-refractivity contribution in [3.63, 3.8) is 0 Å². The molecule has 1 N–H and O–H groups in total. The average Bonchev–Trinajstić information content (AvgIpc) is 3.24. The number of aromatic nitrogens is 2. The van der Waals surface area contributed by atoms with Crippen LogP contribution < -0.4 is 5.32 Å². The van der Waals surface area contributed by atoms with E-state index in [0.717, 1.165) is 29.9 Å². The highest BCUT2D eigenvalue weighted by Gasteiger charge is 2.05. The zero-order valence-electron chi connectivity index (χ0n) is 14.2. The van der Waals surface area contributed by atoms with Crippen LogP contribution >= 0.6 is 11.5 Å². The van der Waals surface area contributed by atoms with E-state index in [4.69, 9.17) is 0 Å². The lowest BCUT2D eigenvalue weighted by Gasteiger charge is -2.11. The normalized spacial score (nSPS) is 10.8. The summed E-state index contributed by atoms with van der Waals surface area (Å²) in [6, 6.07) is 28.4. The van der Waals surface area contributed by atoms with Gasteiger partial charge in [0.05, 0.1) is 0 Å². The standard InChI is InChI=1S/C22H18N3S/c1-2-6-18(7-3-1)21-9-5-4-8-20(21)15-23-14-17-10-12-19(13-11-17)22-16-26-25-24-22/h1-8,10-13,16,23H,14-15H2. The first kappa shape index (κ1) is 16.6. The van der Waals surface area contributed by atoms with Crippen LogP contribution in [0.2, 0.25) is 0 Å². The van der Waals surface area contributed by atoms with Crippen LogP contribution in [0, 0.1) is 6.07 Å². The predicted molar refractivity (Wildman–Crippen MR) is 107 cm³/mol. The molecule has 1 heterocycles. The van der Waals surface area contributed by atoms with Crippen LogP contribution in [0.5, 0.6) is 0 Å². The third-order valence-electron chi connectivity index (χ3n) is 4.26. The topological polar surface area (TPSA) is 37.8 Å². The summed E-state index contributed by atoms with van der Waals surface area (Å²) in [5, 5.41) is 9.60. The first-order valence-electron chi connectivity index (χ1n) is 8.52. The van der Waals surface area contributed by atoms with Crippen LogP contribution in [0.15, 0.2) is 78.2 Å². The van der Waals surface area contributed by atoms with Gasteiger partial charge in [-0.05, 0) is 39.9 Å². The molecule has 4 aromatic rings. The van der Waals surface area contributed by atoms with E-state index >= 15 is 0 Å². The van der Waals surface area contributed by atoms with E-state index in [0.29, 0.717) is 0 Å². The van der Waals surface area contributed by atoms with Crippen LogP contribution in [0.3, 0.4) is 0 Å². The largest absolute Gasteiger partial charge is 0.309 e. The highest BCUT2D eigenvalue weighted by molar-refractivity contribution is 7.03. The SMILES string of the molecule is [c]1cccc(CNCc2ccc(-c3csnn3)cc2)c1-c1ccccc1. The zero-order chi connectivity index (χ0) is 17.6. The summed E-state index contributed by atoms with van der Waals surface area (Å²) in [5.41, 5.74) is 6.90. The molecule has 0 fully saturated rings. The smallest absolute Gasteiger partial charge is 0.105 e. The van der Waals surface area contributed by atoms with E-state index < -0.39 is 0 Å². The van der Waals surface area contributed by atoms with Gasteiger partial charge in [-0.25, -0.2) is 0 Å². The van der Waals surface area contributed by atoms with Gasteiger partial charge in [-0.1, -0.05) is 77.3 Å². The molecule has 127 valence electrons. The van der Waals surface area contributed by atoms with Gasteiger partial charge in [0.25, 0.3) is 0 Å². The number of rotatable bonds is 6. The molecule has 0 saturated carbocycles. The van der Waals surface area contributed by atoms with E-state index in [2.05, 4.69) is 75.6 Å². The van der Waals surface area contributed by atoms with Gasteiger partial charge >= 0.3 is 0 Å². The van der Waals surface area contributed by atoms with Crippen molar-refractivity contribution in [1.82, 2.24) is 14.9 Å². The molecule has 0 aliphatic rings. The molecule has 1 aromatic heterocycles. The monoisotopic (exact) mass is 356 g/mol. The van der Waals surface area contributed by atoms with Crippen LogP contribution in [-0.2, 0) is 13.1 Å². The molecule has 0 amide bonds. The molecule has 4 heteroatoms. The van der Waals surface area contributed by atoms with Gasteiger partial charge < -0.3 is 5.32 Å². The van der Waals surface area contributed by atoms with Crippen molar-refractivity contribution in [1.29, 1.82) is 0 Å². The minimum Gasteiger partial charge on any atom is -0.309 e. The molecule has 0 atom stereocenters. The fraction of sp³-hybridized carbons (Fsp3) is 0.0909. The zero-order valence-corrected chi connectivity index (χ0v) is 15.0. The maximum absolute atomic E-state index is 4.11. The van der Waals surface area contributed by atoms with Crippen molar-refractivity contribution < 1.29 is 0 Å². The van der Waals surface area contributed by atoms with E-state index in [-0.39, 0.29) is 0 Å². The average molecular weight is 356 g/mol. The Morgan fingerprint density at radius 3 is 2.46 bits per heavy atom. The summed E-state index contributed by atoms with van der Waals surface area (Å²) >= 11 is 1.37. The summed E-state index contributed by atoms with van der Waals surface area (Å²) in [6.07, 6.45) is 0. The molecule has 1 radical (unpaired) electrons. The fourth-order valence-electron chi connectivity index (χ4n) is 2.92. The van der Waals surface area contributed by atoms with Crippen molar-refractivity contribution in [3.8, 4) is 22.4 Å². The van der Waals surface area contributed by atoms with Crippen molar-refractivity contribution >= 4 is 11.5 Å². The Kier molecular flexibility index (Phi) is 5.14. The van der Waals surface area contributed by atoms with Crippen molar-refractivity contribution in [2.45, 2.75) is 13.1 Å². The highest BCUT2D eigenvalue weighted by atomic mass is 32.1. The molecule has 0 unspecified atom stereocenters. The van der Waals surface area contributed by atoms with Gasteiger partial charge in [-0.2, -0.15) is 0 Å². The van der Waals surface area contributed by atoms with Crippen LogP contribution in [0.1, 0.15) is 11.1 Å². The quantitative estimate of drug-likeness (QED) is 0.530. The molecule has 0 saturated heterocycles. The molecule has 3 nitrogen and oxygen atoms in total. The van der Waals surface area contributed by atoms with Crippen molar-refractivity contribution in [3.05, 3.63) is 95.4 Å². The number of hydrogen-bond donors (Lipinski definition) is 1. The van der Waals surface area contributed by atoms with E-state index in [1.54, 1.807) is 0 Å². The minimum absolute atomic E-state index is 0.805. The summed E-state index contributed by atoms with van der Waals surface area (Å²) in [6.45, 7) is 1.62. The van der Waals surface area contributed by atoms with Gasteiger partial charge in [0.2, 0.25) is 0 Å². The first-order valence-corrected chi connectivity index (χ1v) is 9.36. The molecule has 0 aliphatic carbocycles. The van der Waals surface area contributed by atoms with Gasteiger partial charge in [0.1, 0.15) is 5.69 Å². The Hall–Kier alpha value is -2.82. The summed E-state index contributed by atoms with van der Waals surface area (Å²) in [4.78, 5) is 0. The molecular formula is C22H18N3S. The molecule has 3 aromatic carbocycles. The Morgan fingerprint density at radius 1 is 0.846 bits per heavy atom. The second kappa shape index (κ2) is 8.04. The minimum atomic E-state index is 0.805. The third kappa shape index (κ3) is 3.87. The Balaban J connectivity index is 1.41. The highest BCUT2D eigenvalue weighted by Crippen LogP contribution is 2.23. The summed E-state index contributed by atoms with van der Waals surface area (Å²) in [7, 11) is 0. The maximum Gasteiger partial charge on any atom is 0.105 e. The number of benzene rings is 3. The molecule has 0 aliphatic heterocycles. The van der Waals surface area contributed by atoms with Crippen molar-refractivity contribution in [2.24, 2.45) is 0 Å². The summed E-state index contributed by atoms with van der Waals surface area (Å²) < 4.78 is 3.91. The molecule has 26 heavy (non-hydrogen) atoms. The maximum atomic E-state index is 4.11. The number of hydrogen-bond acceptors (Lipinski definition) is 4. The predicted octanol–water partition coefficient (Wildman–Crippen LogP) is 4.96. The lowest BCUT2D eigenvalue weighted by Crippen LogP contribution is -2.13. The molecule has 4 rings (SSSR count). The third-order valence-corrected chi connectivity index (χ3v) is 4.76. The van der Waals surface area contributed by atoms with Gasteiger partial charge in [0, 0.05) is 24.0 Å². The second-order valence-corrected chi connectivity index (χ2v) is 6.64. The van der Waals surface area contributed by atoms with Crippen LogP contribution in [0.4, 0.5) is 0 Å². The van der Waals surface area contributed by atoms with Gasteiger partial charge in [-0.15, -0.1) is 5.10 Å². The van der Waals surface area contributed by atoms with Crippen molar-refractivity contribution in [2.75, 3.05) is 0 Å². The van der Waals surface area contributed by atoms with Gasteiger partial charge in [0.15, 0.2) is 0 Å². The fourth-order valence-corrected chi connectivity index (χ4v) is 3.38. The molecule has 0 bridgehead atoms. The lowest BCUT2D eigenvalue weighted by molar-refractivity contribution is 0.694. The number of nitrogens with zero attached hydrogens (tertiary/aromatic N) is 2.